The Kier molecular flexibility index (Phi) is 7.15. The van der Waals surface area contributed by atoms with Crippen molar-refractivity contribution in [1.82, 2.24) is 15.3 Å². The maximum absolute atomic E-state index is 14.1. The van der Waals surface area contributed by atoms with Gasteiger partial charge < -0.3 is 19.8 Å². The molecule has 0 amide bonds. The molecule has 0 aliphatic carbocycles. The number of rotatable bonds is 9. The molecule has 2 N–H and O–H groups in total. The zero-order valence-corrected chi connectivity index (χ0v) is 18.9. The summed E-state index contributed by atoms with van der Waals surface area (Å²) < 4.78 is 25.6. The molecule has 4 rings (SSSR count). The van der Waals surface area contributed by atoms with E-state index in [2.05, 4.69) is 15.3 Å². The predicted molar refractivity (Wildman–Crippen MR) is 125 cm³/mol. The smallest absolute Gasteiger partial charge is 0.180 e. The van der Waals surface area contributed by atoms with E-state index >= 15 is 0 Å². The Morgan fingerprint density at radius 3 is 2.62 bits per heavy atom. The Bertz CT molecular complexity index is 1180. The first-order valence-electron chi connectivity index (χ1n) is 10.2. The summed E-state index contributed by atoms with van der Waals surface area (Å²) in [6, 6.07) is 16.1. The van der Waals surface area contributed by atoms with E-state index in [-0.39, 0.29) is 12.2 Å². The summed E-state index contributed by atoms with van der Waals surface area (Å²) in [5, 5.41) is 4.03. The van der Waals surface area contributed by atoms with Gasteiger partial charge in [-0.2, -0.15) is 0 Å². The number of ether oxygens (including phenoxy) is 2. The maximum Gasteiger partial charge on any atom is 0.180 e. The fraction of sp³-hybridized carbons (Fsp3) is 0.208. The van der Waals surface area contributed by atoms with Gasteiger partial charge in [0.25, 0.3) is 0 Å². The summed E-state index contributed by atoms with van der Waals surface area (Å²) in [7, 11) is 0. The van der Waals surface area contributed by atoms with Gasteiger partial charge in [-0.25, -0.2) is 9.37 Å². The Hall–Kier alpha value is -2.80. The maximum atomic E-state index is 14.1. The van der Waals surface area contributed by atoms with E-state index < -0.39 is 5.82 Å². The van der Waals surface area contributed by atoms with Crippen LogP contribution >= 0.6 is 23.2 Å². The van der Waals surface area contributed by atoms with Gasteiger partial charge in [-0.05, 0) is 48.9 Å². The number of halogens is 3. The number of nitrogens with zero attached hydrogens (tertiary/aromatic N) is 1. The number of fused-ring (bicyclic) bond motifs is 1. The molecule has 4 aromatic rings. The number of aromatic amines is 1. The SMILES string of the molecule is CCOc1cc(CNCc2nc3ccccc3[nH]2)cc(Cl)c1OCc1c(F)cccc1Cl. The van der Waals surface area contributed by atoms with Crippen molar-refractivity contribution >= 4 is 34.2 Å². The predicted octanol–water partition coefficient (Wildman–Crippen LogP) is 6.28. The number of imidazole rings is 1. The second-order valence-electron chi connectivity index (χ2n) is 7.13. The lowest BCUT2D eigenvalue weighted by atomic mass is 10.2. The van der Waals surface area contributed by atoms with E-state index in [1.165, 1.54) is 6.07 Å². The third-order valence-corrected chi connectivity index (χ3v) is 5.49. The molecule has 0 unspecified atom stereocenters. The Morgan fingerprint density at radius 2 is 1.84 bits per heavy atom. The zero-order valence-electron chi connectivity index (χ0n) is 17.4. The van der Waals surface area contributed by atoms with E-state index in [1.54, 1.807) is 18.2 Å². The highest BCUT2D eigenvalue weighted by Crippen LogP contribution is 2.37. The molecule has 1 aromatic heterocycles. The second-order valence-corrected chi connectivity index (χ2v) is 7.95. The molecular formula is C24H22Cl2FN3O2. The fourth-order valence-corrected chi connectivity index (χ4v) is 3.86. The highest BCUT2D eigenvalue weighted by molar-refractivity contribution is 6.32. The number of nitrogens with one attached hydrogen (secondary N) is 2. The summed E-state index contributed by atoms with van der Waals surface area (Å²) in [5.74, 6) is 1.27. The van der Waals surface area contributed by atoms with Crippen molar-refractivity contribution in [2.45, 2.75) is 26.6 Å². The molecule has 3 aromatic carbocycles. The topological polar surface area (TPSA) is 59.2 Å². The summed E-state index contributed by atoms with van der Waals surface area (Å²) in [6.07, 6.45) is 0. The minimum absolute atomic E-state index is 0.0606. The van der Waals surface area contributed by atoms with Crippen molar-refractivity contribution in [2.24, 2.45) is 0 Å². The number of hydrogen-bond donors (Lipinski definition) is 2. The van der Waals surface area contributed by atoms with E-state index in [0.29, 0.717) is 41.2 Å². The van der Waals surface area contributed by atoms with Crippen LogP contribution in [0.4, 0.5) is 4.39 Å². The average Bonchev–Trinajstić information content (AvgIpc) is 3.18. The van der Waals surface area contributed by atoms with Crippen molar-refractivity contribution in [2.75, 3.05) is 6.61 Å². The second kappa shape index (κ2) is 10.2. The Balaban J connectivity index is 1.45. The van der Waals surface area contributed by atoms with Crippen molar-refractivity contribution in [3.63, 3.8) is 0 Å². The minimum Gasteiger partial charge on any atom is -0.490 e. The van der Waals surface area contributed by atoms with Crippen LogP contribution in [0.2, 0.25) is 10.0 Å². The molecule has 8 heteroatoms. The summed E-state index contributed by atoms with van der Waals surface area (Å²) >= 11 is 12.6. The summed E-state index contributed by atoms with van der Waals surface area (Å²) in [5.41, 5.74) is 3.12. The lowest BCUT2D eigenvalue weighted by molar-refractivity contribution is 0.266. The van der Waals surface area contributed by atoms with Gasteiger partial charge in [0.05, 0.1) is 34.2 Å². The van der Waals surface area contributed by atoms with Crippen LogP contribution in [0.15, 0.2) is 54.6 Å². The lowest BCUT2D eigenvalue weighted by Gasteiger charge is -2.16. The van der Waals surface area contributed by atoms with Gasteiger partial charge >= 0.3 is 0 Å². The first-order valence-corrected chi connectivity index (χ1v) is 11.0. The molecular weight excluding hydrogens is 452 g/mol. The molecule has 166 valence electrons. The van der Waals surface area contributed by atoms with E-state index in [4.69, 9.17) is 32.7 Å². The molecule has 0 saturated carbocycles. The van der Waals surface area contributed by atoms with E-state index in [1.807, 2.05) is 37.3 Å². The average molecular weight is 474 g/mol. The van der Waals surface area contributed by atoms with Crippen molar-refractivity contribution in [1.29, 1.82) is 0 Å². The highest BCUT2D eigenvalue weighted by atomic mass is 35.5. The monoisotopic (exact) mass is 473 g/mol. The van der Waals surface area contributed by atoms with E-state index in [0.717, 1.165) is 22.4 Å². The molecule has 0 bridgehead atoms. The quantitative estimate of drug-likeness (QED) is 0.300. The molecule has 0 aliphatic heterocycles. The third-order valence-electron chi connectivity index (χ3n) is 4.85. The molecule has 5 nitrogen and oxygen atoms in total. The van der Waals surface area contributed by atoms with Crippen LogP contribution in [0.5, 0.6) is 11.5 Å². The van der Waals surface area contributed by atoms with Crippen LogP contribution < -0.4 is 14.8 Å². The first kappa shape index (κ1) is 22.4. The zero-order chi connectivity index (χ0) is 22.5. The fourth-order valence-electron chi connectivity index (χ4n) is 3.36. The van der Waals surface area contributed by atoms with Gasteiger partial charge in [0.1, 0.15) is 18.2 Å². The third kappa shape index (κ3) is 5.15. The molecule has 0 fully saturated rings. The number of benzene rings is 3. The molecule has 1 heterocycles. The van der Waals surface area contributed by atoms with E-state index in [9.17, 15) is 4.39 Å². The molecule has 0 radical (unpaired) electrons. The van der Waals surface area contributed by atoms with Crippen LogP contribution in [0.25, 0.3) is 11.0 Å². The first-order chi connectivity index (χ1) is 15.5. The lowest BCUT2D eigenvalue weighted by Crippen LogP contribution is -2.14. The van der Waals surface area contributed by atoms with Crippen molar-refractivity contribution in [3.05, 3.63) is 87.4 Å². The number of aromatic nitrogens is 2. The van der Waals surface area contributed by atoms with Gasteiger partial charge in [-0.3, -0.25) is 0 Å². The van der Waals surface area contributed by atoms with Crippen LogP contribution in [0.3, 0.4) is 0 Å². The van der Waals surface area contributed by atoms with Gasteiger partial charge in [0.15, 0.2) is 11.5 Å². The molecule has 0 spiro atoms. The number of para-hydroxylation sites is 2. The summed E-state index contributed by atoms with van der Waals surface area (Å²) in [4.78, 5) is 7.85. The number of H-pyrrole nitrogens is 1. The Morgan fingerprint density at radius 1 is 1.00 bits per heavy atom. The van der Waals surface area contributed by atoms with Gasteiger partial charge in [-0.1, -0.05) is 41.4 Å². The highest BCUT2D eigenvalue weighted by Gasteiger charge is 2.15. The minimum atomic E-state index is -0.432. The standard InChI is InChI=1S/C24H22Cl2FN3O2/c1-2-31-22-11-15(12-28-13-23-29-20-8-3-4-9-21(20)30-23)10-18(26)24(22)32-14-16-17(25)6-5-7-19(16)27/h3-11,28H,2,12-14H2,1H3,(H,29,30). The number of hydrogen-bond acceptors (Lipinski definition) is 4. The summed E-state index contributed by atoms with van der Waals surface area (Å²) in [6.45, 7) is 3.37. The Labute approximate surface area is 195 Å². The van der Waals surface area contributed by atoms with Crippen molar-refractivity contribution in [3.8, 4) is 11.5 Å². The molecule has 0 aliphatic rings. The van der Waals surface area contributed by atoms with Crippen LogP contribution in [-0.2, 0) is 19.7 Å². The molecule has 32 heavy (non-hydrogen) atoms. The van der Waals surface area contributed by atoms with Crippen LogP contribution in [0.1, 0.15) is 23.9 Å². The largest absolute Gasteiger partial charge is 0.490 e. The van der Waals surface area contributed by atoms with Crippen molar-refractivity contribution < 1.29 is 13.9 Å². The van der Waals surface area contributed by atoms with Crippen LogP contribution in [-0.4, -0.2) is 16.6 Å². The van der Waals surface area contributed by atoms with Gasteiger partial charge in [0.2, 0.25) is 0 Å². The molecule has 0 saturated heterocycles. The van der Waals surface area contributed by atoms with Crippen LogP contribution in [0, 0.1) is 5.82 Å². The normalized spacial score (nSPS) is 11.1. The van der Waals surface area contributed by atoms with Gasteiger partial charge in [0, 0.05) is 12.1 Å². The molecule has 0 atom stereocenters. The van der Waals surface area contributed by atoms with Gasteiger partial charge in [-0.15, -0.1) is 0 Å².